The number of carbonyl (C=O) groups excluding carboxylic acids is 2. The minimum absolute atomic E-state index is 0.915. The third-order valence-electron chi connectivity index (χ3n) is 15.1. The standard InChI is InChI=1S/C46H78N2O38S/c1-10-20(55)26(61)30(65)42(76-10)82-35-19(48-13(4)53)41(80-18(25(35)60)9-75-87(71,72)73)74-8-15(54)22(57)34(14(5-49)47-12(3)52)81-46-39(86-43-31(66)27(62)21(56)11(2)77-43)37(24(59)17(7-51)79-46)84-45-33(68)36(23(58)16(6-50)78-45)83-44-32(67)28(63)29(64)38(85-44)40(69)70/h10-11,14-39,41-46,49-51,54-68H,5-9H2,1-4H3,(H,47,52)(H,48,53)(H,69,70)(H,71,72,73)/t10-,11-,14-,15+,16+,17+,18+,19+,20+,21+,22-,23-,24-,25+,26+,27+,28-,29-,30-,31-,32+,33+,34+,35+,36-,37-,38-,39+,41+,42-,43-,44+,45-,46-/m0/s1. The summed E-state index contributed by atoms with van der Waals surface area (Å²) in [6.45, 7) is -1.77. The van der Waals surface area contributed by atoms with Gasteiger partial charge >= 0.3 is 16.4 Å². The van der Waals surface area contributed by atoms with E-state index in [0.29, 0.717) is 0 Å². The Morgan fingerprint density at radius 2 is 0.966 bits per heavy atom. The van der Waals surface area contributed by atoms with Crippen LogP contribution in [0.25, 0.3) is 0 Å². The lowest BCUT2D eigenvalue weighted by Crippen LogP contribution is -2.69. The fraction of sp³-hybridized carbons (Fsp3) is 0.935. The number of nitrogens with one attached hydrogen (secondary N) is 2. The van der Waals surface area contributed by atoms with E-state index in [1.54, 1.807) is 0 Å². The van der Waals surface area contributed by atoms with E-state index < -0.39 is 270 Å². The molecule has 22 N–H and O–H groups in total. The third-order valence-corrected chi connectivity index (χ3v) is 15.5. The molecule has 0 aromatic rings. The summed E-state index contributed by atoms with van der Waals surface area (Å²) in [5.74, 6) is -3.75. The van der Waals surface area contributed by atoms with Gasteiger partial charge in [0.1, 0.15) is 146 Å². The van der Waals surface area contributed by atoms with Crippen molar-refractivity contribution in [3.8, 4) is 0 Å². The lowest BCUT2D eigenvalue weighted by Gasteiger charge is -2.50. The Kier molecular flexibility index (Phi) is 26.2. The minimum atomic E-state index is -5.30. The highest BCUT2D eigenvalue weighted by Crippen LogP contribution is 2.37. The van der Waals surface area contributed by atoms with E-state index in [4.69, 9.17) is 56.8 Å². The highest BCUT2D eigenvalue weighted by atomic mass is 32.3. The largest absolute Gasteiger partial charge is 0.479 e. The van der Waals surface area contributed by atoms with Crippen LogP contribution >= 0.6 is 0 Å². The SMILES string of the molecule is CC(=O)N[C@H]1[C@H](OC[C@@H](O)[C@H](O)[C@H](O[C@@H]2O[C@H](CO)[C@H](O)[C@H](O[C@@H]3O[C@H](CO)[C@H](O)[C@H](O[C@@H]4O[C@H](C(=O)O)[C@@H](O)[C@H](O)[C@H]4O)[C@H]3O)[C@H]2O[C@@H]2O[C@@H](C)[C@@H](O)[C@@H](O)[C@@H]2O)[C@H](CO)NC(C)=O)O[C@H](COS(=O)(=O)O)[C@@H](O)[C@@H]1O[C@@H]1O[C@@H](C)[C@@H](O)[C@@H](O)[C@@H]1O. The van der Waals surface area contributed by atoms with E-state index in [1.807, 2.05) is 0 Å². The van der Waals surface area contributed by atoms with Gasteiger partial charge in [0.15, 0.2) is 43.8 Å². The number of carbonyl (C=O) groups is 3. The van der Waals surface area contributed by atoms with E-state index in [1.165, 1.54) is 13.8 Å². The Morgan fingerprint density at radius 3 is 1.46 bits per heavy atom. The van der Waals surface area contributed by atoms with Crippen molar-refractivity contribution < 1.29 is 185 Å². The molecule has 0 saturated carbocycles. The Labute approximate surface area is 492 Å². The number of amides is 2. The van der Waals surface area contributed by atoms with E-state index in [0.717, 1.165) is 13.8 Å². The number of carboxylic acid groups (broad SMARTS) is 1. The molecule has 0 radical (unpaired) electrons. The zero-order chi connectivity index (χ0) is 65.0. The quantitative estimate of drug-likeness (QED) is 0.0377. The highest BCUT2D eigenvalue weighted by molar-refractivity contribution is 7.80. The maximum absolute atomic E-state index is 12.7. The predicted octanol–water partition coefficient (Wildman–Crippen LogP) is -14.4. The second-order valence-corrected chi connectivity index (χ2v) is 22.5. The van der Waals surface area contributed by atoms with Crippen LogP contribution in [0.1, 0.15) is 27.7 Å². The van der Waals surface area contributed by atoms with Gasteiger partial charge in [0, 0.05) is 13.8 Å². The summed E-state index contributed by atoms with van der Waals surface area (Å²) >= 11 is 0. The molecule has 6 aliphatic rings. The summed E-state index contributed by atoms with van der Waals surface area (Å²) in [5.41, 5.74) is 0. The first-order valence-electron chi connectivity index (χ1n) is 26.9. The molecule has 34 atom stereocenters. The fourth-order valence-corrected chi connectivity index (χ4v) is 10.6. The molecule has 0 unspecified atom stereocenters. The highest BCUT2D eigenvalue weighted by Gasteiger charge is 2.58. The fourth-order valence-electron chi connectivity index (χ4n) is 10.3. The average molecular weight is 1300 g/mol. The molecule has 87 heavy (non-hydrogen) atoms. The Morgan fingerprint density at radius 1 is 0.517 bits per heavy atom. The summed E-state index contributed by atoms with van der Waals surface area (Å²) in [5, 5.41) is 211. The van der Waals surface area contributed by atoms with Gasteiger partial charge in [0.25, 0.3) is 0 Å². The molecule has 41 heteroatoms. The molecule has 6 heterocycles. The van der Waals surface area contributed by atoms with Crippen LogP contribution in [0, 0.1) is 0 Å². The number of rotatable bonds is 25. The number of carboxylic acids is 1. The maximum Gasteiger partial charge on any atom is 0.397 e. The Balaban J connectivity index is 1.35. The van der Waals surface area contributed by atoms with Crippen LogP contribution in [0.3, 0.4) is 0 Å². The van der Waals surface area contributed by atoms with Gasteiger partial charge in [0.05, 0.1) is 51.3 Å². The normalized spacial score (nSPS) is 45.3. The molecule has 6 aliphatic heterocycles. The van der Waals surface area contributed by atoms with Gasteiger partial charge < -0.3 is 164 Å². The van der Waals surface area contributed by atoms with Gasteiger partial charge in [-0.05, 0) is 13.8 Å². The first kappa shape index (κ1) is 73.1. The van der Waals surface area contributed by atoms with Gasteiger partial charge in [-0.3, -0.25) is 14.1 Å². The van der Waals surface area contributed by atoms with Crippen molar-refractivity contribution in [2.45, 2.75) is 236 Å². The second-order valence-electron chi connectivity index (χ2n) is 21.4. The van der Waals surface area contributed by atoms with Crippen molar-refractivity contribution in [2.75, 3.05) is 33.0 Å². The van der Waals surface area contributed by atoms with Crippen LogP contribution < -0.4 is 10.6 Å². The Hall–Kier alpha value is -2.92. The molecular weight excluding hydrogens is 1220 g/mol. The van der Waals surface area contributed by atoms with Gasteiger partial charge in [-0.2, -0.15) is 8.42 Å². The lowest BCUT2D eigenvalue weighted by atomic mass is 9.95. The van der Waals surface area contributed by atoms with Crippen molar-refractivity contribution in [2.24, 2.45) is 0 Å². The zero-order valence-corrected chi connectivity index (χ0v) is 47.2. The van der Waals surface area contributed by atoms with E-state index >= 15 is 0 Å². The molecule has 0 bridgehead atoms. The monoisotopic (exact) mass is 1300 g/mol. The molecule has 6 rings (SSSR count). The summed E-state index contributed by atoms with van der Waals surface area (Å²) in [4.78, 5) is 37.2. The number of hydrogen-bond acceptors (Lipinski definition) is 36. The predicted molar refractivity (Wildman–Crippen MR) is 265 cm³/mol. The van der Waals surface area contributed by atoms with E-state index in [-0.39, 0.29) is 0 Å². The number of aliphatic hydroxyl groups excluding tert-OH is 18. The van der Waals surface area contributed by atoms with Gasteiger partial charge in [-0.25, -0.2) is 8.98 Å². The van der Waals surface area contributed by atoms with Crippen LogP contribution in [0.5, 0.6) is 0 Å². The number of aliphatic carboxylic acids is 1. The molecule has 6 saturated heterocycles. The molecular formula is C46H78N2O38S. The van der Waals surface area contributed by atoms with E-state index in [9.17, 15) is 124 Å². The average Bonchev–Trinajstić information content (AvgIpc) is 0.963. The van der Waals surface area contributed by atoms with Gasteiger partial charge in [-0.1, -0.05) is 0 Å². The van der Waals surface area contributed by atoms with Crippen molar-refractivity contribution in [1.29, 1.82) is 0 Å². The molecule has 0 spiro atoms. The summed E-state index contributed by atoms with van der Waals surface area (Å²) in [6.07, 6.45) is -67.6. The molecule has 0 aliphatic carbocycles. The molecule has 40 nitrogen and oxygen atoms in total. The van der Waals surface area contributed by atoms with Crippen LogP contribution in [0.15, 0.2) is 0 Å². The van der Waals surface area contributed by atoms with Gasteiger partial charge in [0.2, 0.25) is 11.8 Å². The number of hydrogen-bond donors (Lipinski definition) is 22. The number of aliphatic hydroxyl groups is 18. The van der Waals surface area contributed by atoms with Gasteiger partial charge in [-0.15, -0.1) is 0 Å². The van der Waals surface area contributed by atoms with Crippen LogP contribution in [-0.2, 0) is 85.8 Å². The lowest BCUT2D eigenvalue weighted by molar-refractivity contribution is -0.402. The molecule has 6 fully saturated rings. The summed E-state index contributed by atoms with van der Waals surface area (Å²) < 4.78 is 106. The van der Waals surface area contributed by atoms with Crippen molar-refractivity contribution >= 4 is 28.2 Å². The molecule has 506 valence electrons. The van der Waals surface area contributed by atoms with Crippen molar-refractivity contribution in [3.63, 3.8) is 0 Å². The first-order chi connectivity index (χ1) is 40.7. The summed E-state index contributed by atoms with van der Waals surface area (Å²) in [6, 6.07) is -3.73. The minimum Gasteiger partial charge on any atom is -0.479 e. The van der Waals surface area contributed by atoms with Crippen molar-refractivity contribution in [3.05, 3.63) is 0 Å². The smallest absolute Gasteiger partial charge is 0.397 e. The summed E-state index contributed by atoms with van der Waals surface area (Å²) in [7, 11) is -5.30. The number of ether oxygens (including phenoxy) is 12. The van der Waals surface area contributed by atoms with Crippen LogP contribution in [-0.4, -0.2) is 369 Å². The third kappa shape index (κ3) is 17.2. The zero-order valence-electron chi connectivity index (χ0n) is 46.4. The van der Waals surface area contributed by atoms with Crippen molar-refractivity contribution in [1.82, 2.24) is 10.6 Å². The van der Waals surface area contributed by atoms with Crippen LogP contribution in [0.4, 0.5) is 0 Å². The maximum atomic E-state index is 12.7. The van der Waals surface area contributed by atoms with E-state index in [2.05, 4.69) is 14.8 Å². The van der Waals surface area contributed by atoms with Crippen LogP contribution in [0.2, 0.25) is 0 Å². The molecule has 0 aromatic heterocycles. The first-order valence-corrected chi connectivity index (χ1v) is 28.3. The second kappa shape index (κ2) is 31.1. The topological polar surface area (TPSA) is 634 Å². The Bertz CT molecular complexity index is 2320. The molecule has 2 amide bonds. The molecule has 0 aromatic carbocycles.